The van der Waals surface area contributed by atoms with E-state index in [9.17, 15) is 0 Å². The molecule has 3 unspecified atom stereocenters. The molecule has 3 aromatic rings. The van der Waals surface area contributed by atoms with E-state index in [2.05, 4.69) is 41.3 Å². The van der Waals surface area contributed by atoms with Gasteiger partial charge in [-0.1, -0.05) is 47.7 Å². The van der Waals surface area contributed by atoms with Crippen LogP contribution in [0, 0.1) is 0 Å². The highest BCUT2D eigenvalue weighted by Crippen LogP contribution is 2.39. The van der Waals surface area contributed by atoms with Gasteiger partial charge in [0.25, 0.3) is 0 Å². The van der Waals surface area contributed by atoms with Crippen molar-refractivity contribution in [2.45, 2.75) is 25.4 Å². The second-order valence-electron chi connectivity index (χ2n) is 5.72. The Labute approximate surface area is 129 Å². The Morgan fingerprint density at radius 2 is 1.73 bits per heavy atom. The number of likely N-dealkylation sites (N-methyl/N-ethyl adjacent to an activating group) is 1. The maximum absolute atomic E-state index is 6.31. The topological polar surface area (TPSA) is 43.2 Å². The van der Waals surface area contributed by atoms with E-state index in [0.717, 1.165) is 11.0 Å². The minimum Gasteiger partial charge on any atom is -0.333 e. The number of nitrogens with zero attached hydrogens (tertiary/aromatic N) is 4. The number of rotatable bonds is 2. The Bertz CT molecular complexity index is 785. The minimum absolute atomic E-state index is 0.0270. The molecule has 1 aromatic heterocycles. The summed E-state index contributed by atoms with van der Waals surface area (Å²) in [5, 5.41) is 8.52. The zero-order valence-corrected chi connectivity index (χ0v) is 12.6. The van der Waals surface area contributed by atoms with Gasteiger partial charge in [0.05, 0.1) is 5.52 Å². The number of hydrogen-bond acceptors (Lipinski definition) is 4. The summed E-state index contributed by atoms with van der Waals surface area (Å²) in [5.74, 6) is 0. The van der Waals surface area contributed by atoms with Gasteiger partial charge in [-0.15, -0.1) is 5.10 Å². The van der Waals surface area contributed by atoms with Crippen molar-refractivity contribution < 1.29 is 4.74 Å². The highest BCUT2D eigenvalue weighted by molar-refractivity contribution is 5.73. The first-order valence-electron chi connectivity index (χ1n) is 7.48. The minimum atomic E-state index is -0.243. The zero-order chi connectivity index (χ0) is 15.1. The normalized spacial score (nSPS) is 25.8. The lowest BCUT2D eigenvalue weighted by molar-refractivity contribution is -0.0528. The number of hydrogen-bond donors (Lipinski definition) is 0. The quantitative estimate of drug-likeness (QED) is 0.729. The van der Waals surface area contributed by atoms with Crippen molar-refractivity contribution in [1.29, 1.82) is 0 Å². The fourth-order valence-corrected chi connectivity index (χ4v) is 3.04. The maximum Gasteiger partial charge on any atom is 0.211 e. The molecule has 0 radical (unpaired) electrons. The molecule has 5 heteroatoms. The average molecular weight is 294 g/mol. The van der Waals surface area contributed by atoms with Crippen LogP contribution in [0.1, 0.15) is 24.9 Å². The van der Waals surface area contributed by atoms with Crippen molar-refractivity contribution in [1.82, 2.24) is 19.9 Å². The molecule has 2 aromatic carbocycles. The second-order valence-corrected chi connectivity index (χ2v) is 5.72. The first-order chi connectivity index (χ1) is 10.8. The van der Waals surface area contributed by atoms with Crippen molar-refractivity contribution in [2.24, 2.45) is 0 Å². The van der Waals surface area contributed by atoms with Crippen molar-refractivity contribution >= 4 is 11.0 Å². The summed E-state index contributed by atoms with van der Waals surface area (Å²) in [7, 11) is 2.06. The molecule has 1 aliphatic heterocycles. The Balaban J connectivity index is 1.72. The lowest BCUT2D eigenvalue weighted by Gasteiger charge is -2.21. The SMILES string of the molecule is CC1C(c2ccccc2)OC(n2nnc3ccccc32)N1C. The van der Waals surface area contributed by atoms with E-state index in [-0.39, 0.29) is 18.5 Å². The van der Waals surface area contributed by atoms with Gasteiger partial charge in [0.15, 0.2) is 0 Å². The van der Waals surface area contributed by atoms with Gasteiger partial charge < -0.3 is 4.74 Å². The molecule has 0 bridgehead atoms. The lowest BCUT2D eigenvalue weighted by Crippen LogP contribution is -2.30. The molecule has 5 nitrogen and oxygen atoms in total. The van der Waals surface area contributed by atoms with Crippen LogP contribution in [0.2, 0.25) is 0 Å². The van der Waals surface area contributed by atoms with Crippen LogP contribution in [0.15, 0.2) is 54.6 Å². The third-order valence-corrected chi connectivity index (χ3v) is 4.41. The molecule has 0 saturated carbocycles. The van der Waals surface area contributed by atoms with Gasteiger partial charge in [-0.2, -0.15) is 0 Å². The Kier molecular flexibility index (Phi) is 3.17. The van der Waals surface area contributed by atoms with Crippen LogP contribution in [0.3, 0.4) is 0 Å². The molecule has 1 aliphatic rings. The van der Waals surface area contributed by atoms with Crippen LogP contribution >= 0.6 is 0 Å². The number of aromatic nitrogens is 3. The summed E-state index contributed by atoms with van der Waals surface area (Å²) in [5.41, 5.74) is 3.06. The van der Waals surface area contributed by atoms with Gasteiger partial charge in [-0.05, 0) is 31.7 Å². The predicted molar refractivity (Wildman–Crippen MR) is 84.1 cm³/mol. The Morgan fingerprint density at radius 3 is 2.55 bits per heavy atom. The summed E-state index contributed by atoms with van der Waals surface area (Å²) in [4.78, 5) is 2.19. The van der Waals surface area contributed by atoms with Gasteiger partial charge in [0.2, 0.25) is 6.35 Å². The first-order valence-corrected chi connectivity index (χ1v) is 7.48. The average Bonchev–Trinajstić information content (AvgIpc) is 3.11. The number of fused-ring (bicyclic) bond motifs is 1. The molecule has 0 spiro atoms. The zero-order valence-electron chi connectivity index (χ0n) is 12.6. The fourth-order valence-electron chi connectivity index (χ4n) is 3.04. The smallest absolute Gasteiger partial charge is 0.211 e. The molecular weight excluding hydrogens is 276 g/mol. The highest BCUT2D eigenvalue weighted by atomic mass is 16.5. The first kappa shape index (κ1) is 13.4. The Morgan fingerprint density at radius 1 is 1.00 bits per heavy atom. The number of benzene rings is 2. The molecule has 3 atom stereocenters. The van der Waals surface area contributed by atoms with Crippen LogP contribution < -0.4 is 0 Å². The predicted octanol–water partition coefficient (Wildman–Crippen LogP) is 2.98. The monoisotopic (exact) mass is 294 g/mol. The number of para-hydroxylation sites is 1. The summed E-state index contributed by atoms with van der Waals surface area (Å²) >= 11 is 0. The van der Waals surface area contributed by atoms with E-state index < -0.39 is 0 Å². The molecule has 0 N–H and O–H groups in total. The van der Waals surface area contributed by atoms with E-state index in [1.165, 1.54) is 5.56 Å². The molecule has 1 saturated heterocycles. The van der Waals surface area contributed by atoms with E-state index in [1.807, 2.05) is 47.1 Å². The maximum atomic E-state index is 6.31. The molecule has 0 aliphatic carbocycles. The van der Waals surface area contributed by atoms with Crippen molar-refractivity contribution in [2.75, 3.05) is 7.05 Å². The van der Waals surface area contributed by atoms with Crippen LogP contribution in [0.5, 0.6) is 0 Å². The molecule has 112 valence electrons. The standard InChI is InChI=1S/C17H18N4O/c1-12-16(13-8-4-3-5-9-13)22-17(20(12)2)21-15-11-7-6-10-14(15)18-19-21/h3-12,16-17H,1-2H3. The third-order valence-electron chi connectivity index (χ3n) is 4.41. The van der Waals surface area contributed by atoms with E-state index in [4.69, 9.17) is 4.74 Å². The van der Waals surface area contributed by atoms with Crippen LogP contribution in [-0.4, -0.2) is 33.0 Å². The van der Waals surface area contributed by atoms with Crippen molar-refractivity contribution in [3.8, 4) is 0 Å². The van der Waals surface area contributed by atoms with Crippen molar-refractivity contribution in [3.05, 3.63) is 60.2 Å². The summed E-state index contributed by atoms with van der Waals surface area (Å²) in [6.07, 6.45) is -0.216. The molecule has 2 heterocycles. The summed E-state index contributed by atoms with van der Waals surface area (Å²) < 4.78 is 8.17. The van der Waals surface area contributed by atoms with Gasteiger partial charge in [0, 0.05) is 6.04 Å². The highest BCUT2D eigenvalue weighted by Gasteiger charge is 2.40. The second kappa shape index (κ2) is 5.19. The number of ether oxygens (including phenoxy) is 1. The van der Waals surface area contributed by atoms with Crippen LogP contribution in [0.25, 0.3) is 11.0 Å². The summed E-state index contributed by atoms with van der Waals surface area (Å²) in [6, 6.07) is 18.5. The van der Waals surface area contributed by atoms with E-state index in [1.54, 1.807) is 0 Å². The third kappa shape index (κ3) is 2.01. The van der Waals surface area contributed by atoms with Gasteiger partial charge in [0.1, 0.15) is 11.6 Å². The molecule has 22 heavy (non-hydrogen) atoms. The van der Waals surface area contributed by atoms with E-state index in [0.29, 0.717) is 0 Å². The summed E-state index contributed by atoms with van der Waals surface area (Å²) in [6.45, 7) is 2.18. The lowest BCUT2D eigenvalue weighted by atomic mass is 10.0. The van der Waals surface area contributed by atoms with Crippen LogP contribution in [-0.2, 0) is 4.74 Å². The van der Waals surface area contributed by atoms with Crippen LogP contribution in [0.4, 0.5) is 0 Å². The largest absolute Gasteiger partial charge is 0.333 e. The molecule has 1 fully saturated rings. The van der Waals surface area contributed by atoms with Gasteiger partial charge in [-0.25, -0.2) is 4.68 Å². The van der Waals surface area contributed by atoms with Gasteiger partial charge in [-0.3, -0.25) is 4.90 Å². The van der Waals surface area contributed by atoms with Crippen molar-refractivity contribution in [3.63, 3.8) is 0 Å². The molecular formula is C17H18N4O. The molecule has 0 amide bonds. The molecule has 4 rings (SSSR count). The van der Waals surface area contributed by atoms with Gasteiger partial charge >= 0.3 is 0 Å². The Hall–Kier alpha value is -2.24. The van der Waals surface area contributed by atoms with E-state index >= 15 is 0 Å². The fraction of sp³-hybridized carbons (Fsp3) is 0.294.